The molecule has 2 aromatic heterocycles. The standard InChI is InChI=1S/C17H14F2N2OS3/c1-10(16(22)21-15-3-2-12(18)6-14(15)19)24-8-13-9-25-17(20-13)11-4-5-23-7-11/h2-7,9-10H,8H2,1H3,(H,21,22). The van der Waals surface area contributed by atoms with Crippen molar-refractivity contribution in [3.8, 4) is 10.6 Å². The Morgan fingerprint density at radius 3 is 2.88 bits per heavy atom. The van der Waals surface area contributed by atoms with Gasteiger partial charge >= 0.3 is 0 Å². The van der Waals surface area contributed by atoms with E-state index in [9.17, 15) is 13.6 Å². The normalized spacial score (nSPS) is 12.1. The molecule has 0 saturated carbocycles. The summed E-state index contributed by atoms with van der Waals surface area (Å²) in [5.41, 5.74) is 1.99. The highest BCUT2D eigenvalue weighted by atomic mass is 32.2. The molecule has 130 valence electrons. The van der Waals surface area contributed by atoms with Crippen molar-refractivity contribution in [1.29, 1.82) is 0 Å². The first-order valence-corrected chi connectivity index (χ1v) is 10.2. The molecule has 1 N–H and O–H groups in total. The highest BCUT2D eigenvalue weighted by Crippen LogP contribution is 2.28. The van der Waals surface area contributed by atoms with E-state index in [-0.39, 0.29) is 11.6 Å². The Morgan fingerprint density at radius 1 is 1.32 bits per heavy atom. The fourth-order valence-electron chi connectivity index (χ4n) is 2.00. The molecule has 0 radical (unpaired) electrons. The quantitative estimate of drug-likeness (QED) is 0.606. The zero-order valence-electron chi connectivity index (χ0n) is 13.2. The van der Waals surface area contributed by atoms with Crippen LogP contribution >= 0.6 is 34.4 Å². The number of rotatable bonds is 6. The predicted molar refractivity (Wildman–Crippen MR) is 101 cm³/mol. The number of nitrogens with one attached hydrogen (secondary N) is 1. The van der Waals surface area contributed by atoms with E-state index in [0.717, 1.165) is 28.4 Å². The first-order chi connectivity index (χ1) is 12.0. The molecule has 0 saturated heterocycles. The van der Waals surface area contributed by atoms with Gasteiger partial charge in [0, 0.05) is 28.1 Å². The second-order valence-corrected chi connectivity index (χ2v) is 8.19. The molecule has 1 unspecified atom stereocenters. The number of thiophene rings is 1. The van der Waals surface area contributed by atoms with Gasteiger partial charge in [-0.25, -0.2) is 13.8 Å². The van der Waals surface area contributed by atoms with Crippen molar-refractivity contribution in [3.63, 3.8) is 0 Å². The molecule has 1 atom stereocenters. The molecule has 0 aliphatic carbocycles. The third kappa shape index (κ3) is 4.65. The van der Waals surface area contributed by atoms with Gasteiger partial charge in [0.25, 0.3) is 0 Å². The highest BCUT2D eigenvalue weighted by Gasteiger charge is 2.16. The second kappa shape index (κ2) is 8.07. The van der Waals surface area contributed by atoms with Crippen molar-refractivity contribution in [2.45, 2.75) is 17.9 Å². The van der Waals surface area contributed by atoms with E-state index < -0.39 is 16.9 Å². The summed E-state index contributed by atoms with van der Waals surface area (Å²) in [5.74, 6) is -1.21. The van der Waals surface area contributed by atoms with Gasteiger partial charge < -0.3 is 5.32 Å². The zero-order chi connectivity index (χ0) is 17.8. The van der Waals surface area contributed by atoms with Crippen LogP contribution in [0.4, 0.5) is 14.5 Å². The monoisotopic (exact) mass is 396 g/mol. The van der Waals surface area contributed by atoms with Crippen LogP contribution in [-0.4, -0.2) is 16.1 Å². The van der Waals surface area contributed by atoms with E-state index in [0.29, 0.717) is 5.75 Å². The zero-order valence-corrected chi connectivity index (χ0v) is 15.6. The van der Waals surface area contributed by atoms with Crippen LogP contribution in [0.25, 0.3) is 10.6 Å². The van der Waals surface area contributed by atoms with Gasteiger partial charge in [0.15, 0.2) is 0 Å². The van der Waals surface area contributed by atoms with Crippen LogP contribution in [0, 0.1) is 11.6 Å². The summed E-state index contributed by atoms with van der Waals surface area (Å²) in [7, 11) is 0. The molecule has 3 rings (SSSR count). The van der Waals surface area contributed by atoms with Crippen LogP contribution in [0.3, 0.4) is 0 Å². The van der Waals surface area contributed by atoms with Gasteiger partial charge in [-0.3, -0.25) is 4.79 Å². The molecule has 3 nitrogen and oxygen atoms in total. The minimum Gasteiger partial charge on any atom is -0.323 e. The predicted octanol–water partition coefficient (Wildman–Crippen LogP) is 5.41. The van der Waals surface area contributed by atoms with E-state index >= 15 is 0 Å². The molecule has 0 fully saturated rings. The Kier molecular flexibility index (Phi) is 5.82. The number of carbonyl (C=O) groups excluding carboxylic acids is 1. The van der Waals surface area contributed by atoms with Crippen molar-refractivity contribution in [3.05, 3.63) is 57.7 Å². The van der Waals surface area contributed by atoms with E-state index in [1.54, 1.807) is 29.6 Å². The largest absolute Gasteiger partial charge is 0.323 e. The maximum absolute atomic E-state index is 13.6. The minimum atomic E-state index is -0.787. The Hall–Kier alpha value is -1.77. The fraction of sp³-hybridized carbons (Fsp3) is 0.176. The van der Waals surface area contributed by atoms with Crippen molar-refractivity contribution in [2.75, 3.05) is 5.32 Å². The summed E-state index contributed by atoms with van der Waals surface area (Å²) in [6, 6.07) is 5.09. The van der Waals surface area contributed by atoms with E-state index in [4.69, 9.17) is 0 Å². The second-order valence-electron chi connectivity index (χ2n) is 5.22. The third-order valence-corrected chi connectivity index (χ3v) is 6.16. The van der Waals surface area contributed by atoms with Gasteiger partial charge in [0.05, 0.1) is 16.6 Å². The van der Waals surface area contributed by atoms with Crippen LogP contribution in [0.1, 0.15) is 12.6 Å². The molecular formula is C17H14F2N2OS3. The maximum atomic E-state index is 13.6. The Labute approximate surface area is 156 Å². The summed E-state index contributed by atoms with van der Waals surface area (Å²) in [4.78, 5) is 16.7. The number of hydrogen-bond acceptors (Lipinski definition) is 5. The van der Waals surface area contributed by atoms with Crippen LogP contribution in [-0.2, 0) is 10.5 Å². The Bertz CT molecular complexity index is 865. The Morgan fingerprint density at radius 2 is 2.16 bits per heavy atom. The lowest BCUT2D eigenvalue weighted by atomic mass is 10.3. The van der Waals surface area contributed by atoms with Crippen LogP contribution in [0.2, 0.25) is 0 Å². The first kappa shape index (κ1) is 18.0. The van der Waals surface area contributed by atoms with Gasteiger partial charge in [-0.1, -0.05) is 0 Å². The van der Waals surface area contributed by atoms with Crippen LogP contribution < -0.4 is 5.32 Å². The molecule has 0 bridgehead atoms. The summed E-state index contributed by atoms with van der Waals surface area (Å²) >= 11 is 4.61. The van der Waals surface area contributed by atoms with E-state index in [1.165, 1.54) is 17.8 Å². The number of hydrogen-bond donors (Lipinski definition) is 1. The van der Waals surface area contributed by atoms with Gasteiger partial charge in [-0.2, -0.15) is 11.3 Å². The SMILES string of the molecule is CC(SCc1csc(-c2ccsc2)n1)C(=O)Nc1ccc(F)cc1F. The molecule has 25 heavy (non-hydrogen) atoms. The molecule has 3 aromatic rings. The van der Waals surface area contributed by atoms with Gasteiger partial charge in [-0.05, 0) is 30.5 Å². The van der Waals surface area contributed by atoms with Crippen molar-refractivity contribution < 1.29 is 13.6 Å². The highest BCUT2D eigenvalue weighted by molar-refractivity contribution is 7.99. The van der Waals surface area contributed by atoms with Crippen molar-refractivity contribution in [2.24, 2.45) is 0 Å². The fourth-order valence-corrected chi connectivity index (χ4v) is 4.42. The number of thioether (sulfide) groups is 1. The number of nitrogens with zero attached hydrogens (tertiary/aromatic N) is 1. The summed E-state index contributed by atoms with van der Waals surface area (Å²) < 4.78 is 26.5. The number of amides is 1. The number of halogens is 2. The number of thiazole rings is 1. The third-order valence-electron chi connectivity index (χ3n) is 3.36. The Balaban J connectivity index is 1.55. The number of aromatic nitrogens is 1. The molecular weight excluding hydrogens is 382 g/mol. The van der Waals surface area contributed by atoms with Crippen LogP contribution in [0.15, 0.2) is 40.4 Å². The molecule has 1 amide bonds. The molecule has 1 aromatic carbocycles. The first-order valence-electron chi connectivity index (χ1n) is 7.37. The lowest BCUT2D eigenvalue weighted by Crippen LogP contribution is -2.23. The molecule has 8 heteroatoms. The maximum Gasteiger partial charge on any atom is 0.237 e. The molecule has 0 aliphatic heterocycles. The lowest BCUT2D eigenvalue weighted by Gasteiger charge is -2.12. The van der Waals surface area contributed by atoms with E-state index in [1.807, 2.05) is 22.2 Å². The summed E-state index contributed by atoms with van der Waals surface area (Å²) in [5, 5.41) is 9.08. The number of benzene rings is 1. The smallest absolute Gasteiger partial charge is 0.237 e. The number of anilines is 1. The van der Waals surface area contributed by atoms with Gasteiger partial charge in [0.1, 0.15) is 16.6 Å². The summed E-state index contributed by atoms with van der Waals surface area (Å²) in [6.45, 7) is 1.74. The average Bonchev–Trinajstić information content (AvgIpc) is 3.26. The van der Waals surface area contributed by atoms with Crippen molar-refractivity contribution in [1.82, 2.24) is 4.98 Å². The van der Waals surface area contributed by atoms with Crippen LogP contribution in [0.5, 0.6) is 0 Å². The van der Waals surface area contributed by atoms with Gasteiger partial charge in [-0.15, -0.1) is 23.1 Å². The van der Waals surface area contributed by atoms with E-state index in [2.05, 4.69) is 10.3 Å². The van der Waals surface area contributed by atoms with Crippen molar-refractivity contribution >= 4 is 46.0 Å². The topological polar surface area (TPSA) is 42.0 Å². The average molecular weight is 397 g/mol. The molecule has 2 heterocycles. The number of carbonyl (C=O) groups is 1. The minimum absolute atomic E-state index is 0.0211. The molecule has 0 spiro atoms. The summed E-state index contributed by atoms with van der Waals surface area (Å²) in [6.07, 6.45) is 0. The lowest BCUT2D eigenvalue weighted by molar-refractivity contribution is -0.115. The molecule has 0 aliphatic rings. The van der Waals surface area contributed by atoms with Gasteiger partial charge in [0.2, 0.25) is 5.91 Å².